The van der Waals surface area contributed by atoms with Crippen LogP contribution in [-0.4, -0.2) is 12.1 Å². The van der Waals surface area contributed by atoms with E-state index in [-0.39, 0.29) is 0 Å². The van der Waals surface area contributed by atoms with Gasteiger partial charge in [-0.25, -0.2) is 4.98 Å². The van der Waals surface area contributed by atoms with Crippen molar-refractivity contribution in [2.45, 2.75) is 26.2 Å². The SMILES string of the molecule is CCCCc1cc(OC)cc(N)n1. The summed E-state index contributed by atoms with van der Waals surface area (Å²) in [5.41, 5.74) is 6.63. The van der Waals surface area contributed by atoms with Crippen molar-refractivity contribution in [2.24, 2.45) is 0 Å². The first-order valence-corrected chi connectivity index (χ1v) is 4.56. The maximum Gasteiger partial charge on any atom is 0.127 e. The van der Waals surface area contributed by atoms with Crippen LogP contribution in [0.25, 0.3) is 0 Å². The minimum absolute atomic E-state index is 0.533. The highest BCUT2D eigenvalue weighted by atomic mass is 16.5. The molecule has 72 valence electrons. The van der Waals surface area contributed by atoms with Crippen LogP contribution in [0.3, 0.4) is 0 Å². The molecule has 0 aliphatic rings. The lowest BCUT2D eigenvalue weighted by molar-refractivity contribution is 0.413. The van der Waals surface area contributed by atoms with Crippen molar-refractivity contribution in [3.8, 4) is 5.75 Å². The van der Waals surface area contributed by atoms with E-state index in [9.17, 15) is 0 Å². The summed E-state index contributed by atoms with van der Waals surface area (Å²) in [6, 6.07) is 3.67. The molecule has 0 aliphatic heterocycles. The largest absolute Gasteiger partial charge is 0.497 e. The smallest absolute Gasteiger partial charge is 0.127 e. The van der Waals surface area contributed by atoms with Gasteiger partial charge in [0.05, 0.1) is 7.11 Å². The van der Waals surface area contributed by atoms with Gasteiger partial charge < -0.3 is 10.5 Å². The molecule has 1 aromatic rings. The zero-order valence-electron chi connectivity index (χ0n) is 8.21. The number of aryl methyl sites for hydroxylation is 1. The molecular weight excluding hydrogens is 164 g/mol. The van der Waals surface area contributed by atoms with Crippen molar-refractivity contribution >= 4 is 5.82 Å². The lowest BCUT2D eigenvalue weighted by Gasteiger charge is -2.04. The van der Waals surface area contributed by atoms with Crippen LogP contribution < -0.4 is 10.5 Å². The molecule has 0 bridgehead atoms. The number of nitrogen functional groups attached to an aromatic ring is 1. The van der Waals surface area contributed by atoms with Gasteiger partial charge in [-0.1, -0.05) is 13.3 Å². The first-order chi connectivity index (χ1) is 6.26. The van der Waals surface area contributed by atoms with Crippen LogP contribution in [0.15, 0.2) is 12.1 Å². The van der Waals surface area contributed by atoms with E-state index in [2.05, 4.69) is 11.9 Å². The Morgan fingerprint density at radius 1 is 1.46 bits per heavy atom. The number of nitrogens with zero attached hydrogens (tertiary/aromatic N) is 1. The van der Waals surface area contributed by atoms with Crippen molar-refractivity contribution in [1.29, 1.82) is 0 Å². The minimum Gasteiger partial charge on any atom is -0.497 e. The van der Waals surface area contributed by atoms with Crippen LogP contribution in [0.5, 0.6) is 5.75 Å². The number of anilines is 1. The fourth-order valence-corrected chi connectivity index (χ4v) is 1.19. The molecule has 1 aromatic heterocycles. The lowest BCUT2D eigenvalue weighted by Crippen LogP contribution is -1.97. The Balaban J connectivity index is 2.76. The van der Waals surface area contributed by atoms with Crippen molar-refractivity contribution in [2.75, 3.05) is 12.8 Å². The molecule has 3 heteroatoms. The molecule has 0 aromatic carbocycles. The highest BCUT2D eigenvalue weighted by molar-refractivity contribution is 5.38. The summed E-state index contributed by atoms with van der Waals surface area (Å²) in [6.45, 7) is 2.16. The number of ether oxygens (including phenoxy) is 1. The molecule has 1 rings (SSSR count). The molecule has 0 radical (unpaired) electrons. The normalized spacial score (nSPS) is 10.0. The van der Waals surface area contributed by atoms with Crippen molar-refractivity contribution < 1.29 is 4.74 Å². The van der Waals surface area contributed by atoms with E-state index in [0.29, 0.717) is 5.82 Å². The van der Waals surface area contributed by atoms with Gasteiger partial charge >= 0.3 is 0 Å². The lowest BCUT2D eigenvalue weighted by atomic mass is 10.2. The molecular formula is C10H16N2O. The Bertz CT molecular complexity index is 274. The molecule has 0 saturated heterocycles. The van der Waals surface area contributed by atoms with Gasteiger partial charge in [0.1, 0.15) is 11.6 Å². The van der Waals surface area contributed by atoms with Crippen molar-refractivity contribution in [3.05, 3.63) is 17.8 Å². The van der Waals surface area contributed by atoms with Crippen LogP contribution in [0.2, 0.25) is 0 Å². The monoisotopic (exact) mass is 180 g/mol. The van der Waals surface area contributed by atoms with Gasteiger partial charge in [-0.05, 0) is 12.8 Å². The predicted octanol–water partition coefficient (Wildman–Crippen LogP) is 2.02. The Morgan fingerprint density at radius 3 is 2.85 bits per heavy atom. The molecule has 0 spiro atoms. The van der Waals surface area contributed by atoms with Gasteiger partial charge in [0.2, 0.25) is 0 Å². The Hall–Kier alpha value is -1.25. The van der Waals surface area contributed by atoms with Crippen LogP contribution in [-0.2, 0) is 6.42 Å². The summed E-state index contributed by atoms with van der Waals surface area (Å²) in [4.78, 5) is 4.22. The Kier molecular flexibility index (Phi) is 3.55. The predicted molar refractivity (Wildman–Crippen MR) is 53.8 cm³/mol. The van der Waals surface area contributed by atoms with E-state index in [1.54, 1.807) is 13.2 Å². The number of aromatic nitrogens is 1. The second-order valence-electron chi connectivity index (χ2n) is 3.03. The van der Waals surface area contributed by atoms with Gasteiger partial charge in [-0.3, -0.25) is 0 Å². The highest BCUT2D eigenvalue weighted by Crippen LogP contribution is 2.16. The van der Waals surface area contributed by atoms with Crippen molar-refractivity contribution in [1.82, 2.24) is 4.98 Å². The Morgan fingerprint density at radius 2 is 2.23 bits per heavy atom. The number of nitrogens with two attached hydrogens (primary N) is 1. The first-order valence-electron chi connectivity index (χ1n) is 4.56. The summed E-state index contributed by atoms with van der Waals surface area (Å²) >= 11 is 0. The molecule has 0 saturated carbocycles. The van der Waals surface area contributed by atoms with Gasteiger partial charge in [0.25, 0.3) is 0 Å². The fraction of sp³-hybridized carbons (Fsp3) is 0.500. The van der Waals surface area contributed by atoms with E-state index in [1.807, 2.05) is 6.07 Å². The number of rotatable bonds is 4. The zero-order valence-corrected chi connectivity index (χ0v) is 8.21. The highest BCUT2D eigenvalue weighted by Gasteiger charge is 1.99. The number of unbranched alkanes of at least 4 members (excludes halogenated alkanes) is 1. The average molecular weight is 180 g/mol. The maximum atomic E-state index is 5.62. The third-order valence-electron chi connectivity index (χ3n) is 1.89. The molecule has 0 amide bonds. The maximum absolute atomic E-state index is 5.62. The van der Waals surface area contributed by atoms with Gasteiger partial charge in [-0.2, -0.15) is 0 Å². The average Bonchev–Trinajstić information content (AvgIpc) is 2.14. The Labute approximate surface area is 78.9 Å². The molecule has 0 unspecified atom stereocenters. The summed E-state index contributed by atoms with van der Waals surface area (Å²) in [6.07, 6.45) is 3.27. The molecule has 0 fully saturated rings. The zero-order chi connectivity index (χ0) is 9.68. The molecule has 3 nitrogen and oxygen atoms in total. The number of hydrogen-bond donors (Lipinski definition) is 1. The number of methoxy groups -OCH3 is 1. The minimum atomic E-state index is 0.533. The number of hydrogen-bond acceptors (Lipinski definition) is 3. The van der Waals surface area contributed by atoms with Gasteiger partial charge in [0, 0.05) is 17.8 Å². The van der Waals surface area contributed by atoms with Crippen LogP contribution >= 0.6 is 0 Å². The fourth-order valence-electron chi connectivity index (χ4n) is 1.19. The summed E-state index contributed by atoms with van der Waals surface area (Å²) in [5.74, 6) is 1.32. The van der Waals surface area contributed by atoms with E-state index in [0.717, 1.165) is 24.3 Å². The second kappa shape index (κ2) is 4.70. The van der Waals surface area contributed by atoms with E-state index < -0.39 is 0 Å². The standard InChI is InChI=1S/C10H16N2O/c1-3-4-5-8-6-9(13-2)7-10(11)12-8/h6-7H,3-5H2,1-2H3,(H2,11,12). The van der Waals surface area contributed by atoms with E-state index in [4.69, 9.17) is 10.5 Å². The topological polar surface area (TPSA) is 48.1 Å². The molecule has 1 heterocycles. The quantitative estimate of drug-likeness (QED) is 0.771. The van der Waals surface area contributed by atoms with Crippen LogP contribution in [0.4, 0.5) is 5.82 Å². The van der Waals surface area contributed by atoms with Gasteiger partial charge in [-0.15, -0.1) is 0 Å². The van der Waals surface area contributed by atoms with Gasteiger partial charge in [0.15, 0.2) is 0 Å². The molecule has 13 heavy (non-hydrogen) atoms. The van der Waals surface area contributed by atoms with Crippen LogP contribution in [0.1, 0.15) is 25.5 Å². The third kappa shape index (κ3) is 2.93. The van der Waals surface area contributed by atoms with Crippen LogP contribution in [0, 0.1) is 0 Å². The molecule has 2 N–H and O–H groups in total. The van der Waals surface area contributed by atoms with E-state index >= 15 is 0 Å². The summed E-state index contributed by atoms with van der Waals surface area (Å²) < 4.78 is 5.10. The van der Waals surface area contributed by atoms with E-state index in [1.165, 1.54) is 6.42 Å². The first kappa shape index (κ1) is 9.84. The molecule has 0 aliphatic carbocycles. The second-order valence-corrected chi connectivity index (χ2v) is 3.03. The summed E-state index contributed by atoms with van der Waals surface area (Å²) in [7, 11) is 1.64. The number of pyridine rings is 1. The molecule has 0 atom stereocenters. The summed E-state index contributed by atoms with van der Waals surface area (Å²) in [5, 5.41) is 0. The third-order valence-corrected chi connectivity index (χ3v) is 1.89. The van der Waals surface area contributed by atoms with Crippen molar-refractivity contribution in [3.63, 3.8) is 0 Å².